The zero-order valence-electron chi connectivity index (χ0n) is 9.19. The van der Waals surface area contributed by atoms with Crippen molar-refractivity contribution >= 4 is 11.8 Å². The van der Waals surface area contributed by atoms with E-state index in [0.29, 0.717) is 6.54 Å². The van der Waals surface area contributed by atoms with Crippen LogP contribution in [0.1, 0.15) is 26.7 Å². The minimum atomic E-state index is -0.135. The van der Waals surface area contributed by atoms with E-state index in [1.165, 1.54) is 11.8 Å². The minimum Gasteiger partial charge on any atom is -0.327 e. The molecule has 0 saturated carbocycles. The van der Waals surface area contributed by atoms with Gasteiger partial charge in [-0.05, 0) is 12.8 Å². The molecule has 1 rings (SSSR count). The lowest BCUT2D eigenvalue weighted by atomic mass is 10.3. The number of nitrogens with one attached hydrogen (secondary N) is 1. The summed E-state index contributed by atoms with van der Waals surface area (Å²) in [6.45, 7) is 4.79. The lowest BCUT2D eigenvalue weighted by Crippen LogP contribution is -2.22. The number of thioether (sulfide) groups is 1. The van der Waals surface area contributed by atoms with Crippen molar-refractivity contribution in [2.45, 2.75) is 44.4 Å². The second-order valence-electron chi connectivity index (χ2n) is 3.44. The van der Waals surface area contributed by atoms with Crippen LogP contribution in [-0.2, 0) is 6.54 Å². The maximum Gasteiger partial charge on any atom is 0.343 e. The predicted molar refractivity (Wildman–Crippen MR) is 62.1 cm³/mol. The van der Waals surface area contributed by atoms with Crippen molar-refractivity contribution < 1.29 is 0 Å². The van der Waals surface area contributed by atoms with Gasteiger partial charge in [0.1, 0.15) is 0 Å². The van der Waals surface area contributed by atoms with E-state index in [1.54, 1.807) is 4.57 Å². The van der Waals surface area contributed by atoms with Gasteiger partial charge in [-0.2, -0.15) is 0 Å². The molecule has 5 nitrogen and oxygen atoms in total. The standard InChI is InChI=1S/C9H18N4OS/c1-3-5-13-8(14)11-12-9(13)15-6-7(10)4-2/h7H,3-6,10H2,1-2H3,(H,11,14). The molecule has 86 valence electrons. The molecule has 0 fully saturated rings. The molecular formula is C9H18N4OS. The Kier molecular flexibility index (Phi) is 4.90. The molecule has 3 N–H and O–H groups in total. The third kappa shape index (κ3) is 3.39. The molecule has 0 spiro atoms. The zero-order chi connectivity index (χ0) is 11.3. The Bertz CT molecular complexity index is 346. The van der Waals surface area contributed by atoms with Gasteiger partial charge in [0.15, 0.2) is 5.16 Å². The summed E-state index contributed by atoms with van der Waals surface area (Å²) < 4.78 is 1.66. The summed E-state index contributed by atoms with van der Waals surface area (Å²) in [7, 11) is 0. The first-order valence-corrected chi connectivity index (χ1v) is 6.21. The van der Waals surface area contributed by atoms with Crippen LogP contribution in [0.3, 0.4) is 0 Å². The van der Waals surface area contributed by atoms with Gasteiger partial charge in [-0.15, -0.1) is 5.10 Å². The first-order valence-electron chi connectivity index (χ1n) is 5.22. The molecule has 6 heteroatoms. The summed E-state index contributed by atoms with van der Waals surface area (Å²) in [6, 6.07) is 0.164. The number of hydrogen-bond donors (Lipinski definition) is 2. The summed E-state index contributed by atoms with van der Waals surface area (Å²) >= 11 is 1.54. The van der Waals surface area contributed by atoms with Crippen molar-refractivity contribution in [3.63, 3.8) is 0 Å². The van der Waals surface area contributed by atoms with Gasteiger partial charge in [-0.1, -0.05) is 25.6 Å². The Balaban J connectivity index is 2.64. The van der Waals surface area contributed by atoms with E-state index in [0.717, 1.165) is 23.8 Å². The molecule has 1 heterocycles. The third-order valence-corrected chi connectivity index (χ3v) is 3.29. The normalized spacial score (nSPS) is 13.0. The monoisotopic (exact) mass is 230 g/mol. The van der Waals surface area contributed by atoms with E-state index < -0.39 is 0 Å². The highest BCUT2D eigenvalue weighted by atomic mass is 32.2. The molecule has 15 heavy (non-hydrogen) atoms. The summed E-state index contributed by atoms with van der Waals surface area (Å²) in [5.74, 6) is 0.796. The van der Waals surface area contributed by atoms with Crippen molar-refractivity contribution in [3.05, 3.63) is 10.5 Å². The molecular weight excluding hydrogens is 212 g/mol. The van der Waals surface area contributed by atoms with Crippen molar-refractivity contribution in [2.24, 2.45) is 5.73 Å². The molecule has 1 aromatic rings. The van der Waals surface area contributed by atoms with Crippen LogP contribution in [0.4, 0.5) is 0 Å². The summed E-state index contributed by atoms with van der Waals surface area (Å²) in [5, 5.41) is 7.17. The first kappa shape index (κ1) is 12.3. The fraction of sp³-hybridized carbons (Fsp3) is 0.778. The Morgan fingerprint density at radius 3 is 2.93 bits per heavy atom. The minimum absolute atomic E-state index is 0.135. The maximum atomic E-state index is 11.3. The maximum absolute atomic E-state index is 11.3. The quantitative estimate of drug-likeness (QED) is 0.709. The largest absolute Gasteiger partial charge is 0.343 e. The SMILES string of the molecule is CCCn1c(SCC(N)CC)n[nH]c1=O. The molecule has 1 unspecified atom stereocenters. The van der Waals surface area contributed by atoms with Crippen LogP contribution in [0.2, 0.25) is 0 Å². The molecule has 0 aromatic carbocycles. The van der Waals surface area contributed by atoms with Crippen LogP contribution >= 0.6 is 11.8 Å². The number of aromatic amines is 1. The van der Waals surface area contributed by atoms with Crippen molar-refractivity contribution in [3.8, 4) is 0 Å². The second kappa shape index (κ2) is 5.97. The number of H-pyrrole nitrogens is 1. The number of rotatable bonds is 6. The first-order chi connectivity index (χ1) is 7.19. The number of nitrogens with zero attached hydrogens (tertiary/aromatic N) is 2. The van der Waals surface area contributed by atoms with Gasteiger partial charge in [-0.3, -0.25) is 4.57 Å². The lowest BCUT2D eigenvalue weighted by Gasteiger charge is -2.07. The fourth-order valence-electron chi connectivity index (χ4n) is 1.13. The van der Waals surface area contributed by atoms with Gasteiger partial charge in [0, 0.05) is 18.3 Å². The van der Waals surface area contributed by atoms with Crippen LogP contribution in [-0.4, -0.2) is 26.6 Å². The van der Waals surface area contributed by atoms with Crippen LogP contribution in [0, 0.1) is 0 Å². The molecule has 1 aromatic heterocycles. The number of nitrogens with two attached hydrogens (primary N) is 1. The van der Waals surface area contributed by atoms with E-state index in [9.17, 15) is 4.79 Å². The Morgan fingerprint density at radius 1 is 1.60 bits per heavy atom. The van der Waals surface area contributed by atoms with E-state index in [1.807, 2.05) is 6.92 Å². The van der Waals surface area contributed by atoms with Crippen molar-refractivity contribution in [1.29, 1.82) is 0 Å². The van der Waals surface area contributed by atoms with Crippen molar-refractivity contribution in [2.75, 3.05) is 5.75 Å². The average molecular weight is 230 g/mol. The molecule has 0 amide bonds. The molecule has 0 aliphatic rings. The second-order valence-corrected chi connectivity index (χ2v) is 4.43. The van der Waals surface area contributed by atoms with E-state index >= 15 is 0 Å². The predicted octanol–water partition coefficient (Wildman–Crippen LogP) is 0.811. The van der Waals surface area contributed by atoms with Crippen LogP contribution in [0.25, 0.3) is 0 Å². The molecule has 0 bridgehead atoms. The Hall–Kier alpha value is -0.750. The van der Waals surface area contributed by atoms with E-state index in [-0.39, 0.29) is 11.7 Å². The van der Waals surface area contributed by atoms with Gasteiger partial charge < -0.3 is 5.73 Å². The van der Waals surface area contributed by atoms with Gasteiger partial charge in [0.2, 0.25) is 0 Å². The fourth-order valence-corrected chi connectivity index (χ4v) is 2.17. The van der Waals surface area contributed by atoms with E-state index in [2.05, 4.69) is 17.1 Å². The third-order valence-electron chi connectivity index (χ3n) is 2.12. The Morgan fingerprint density at radius 2 is 2.33 bits per heavy atom. The van der Waals surface area contributed by atoms with Crippen LogP contribution < -0.4 is 11.4 Å². The molecule has 0 radical (unpaired) electrons. The van der Waals surface area contributed by atoms with Gasteiger partial charge in [0.05, 0.1) is 0 Å². The summed E-state index contributed by atoms with van der Waals surface area (Å²) in [4.78, 5) is 11.3. The topological polar surface area (TPSA) is 76.7 Å². The molecule has 0 aliphatic heterocycles. The molecule has 0 saturated heterocycles. The summed E-state index contributed by atoms with van der Waals surface area (Å²) in [6.07, 6.45) is 1.86. The van der Waals surface area contributed by atoms with Gasteiger partial charge in [0.25, 0.3) is 0 Å². The molecule has 0 aliphatic carbocycles. The smallest absolute Gasteiger partial charge is 0.327 e. The summed E-state index contributed by atoms with van der Waals surface area (Å²) in [5.41, 5.74) is 5.67. The van der Waals surface area contributed by atoms with Crippen molar-refractivity contribution in [1.82, 2.24) is 14.8 Å². The number of aromatic nitrogens is 3. The Labute approximate surface area is 93.4 Å². The highest BCUT2D eigenvalue weighted by molar-refractivity contribution is 7.99. The van der Waals surface area contributed by atoms with Gasteiger partial charge in [-0.25, -0.2) is 9.89 Å². The lowest BCUT2D eigenvalue weighted by molar-refractivity contribution is 0.602. The van der Waals surface area contributed by atoms with Crippen LogP contribution in [0.15, 0.2) is 9.95 Å². The molecule has 1 atom stereocenters. The highest BCUT2D eigenvalue weighted by Crippen LogP contribution is 2.14. The van der Waals surface area contributed by atoms with Crippen LogP contribution in [0.5, 0.6) is 0 Å². The zero-order valence-corrected chi connectivity index (χ0v) is 10.0. The number of hydrogen-bond acceptors (Lipinski definition) is 4. The average Bonchev–Trinajstić information content (AvgIpc) is 2.58. The van der Waals surface area contributed by atoms with E-state index in [4.69, 9.17) is 5.73 Å². The highest BCUT2D eigenvalue weighted by Gasteiger charge is 2.09. The van der Waals surface area contributed by atoms with Gasteiger partial charge >= 0.3 is 5.69 Å².